The lowest BCUT2D eigenvalue weighted by Crippen LogP contribution is -2.45. The zero-order valence-electron chi connectivity index (χ0n) is 16.1. The van der Waals surface area contributed by atoms with E-state index < -0.39 is 17.7 Å². The molecule has 0 saturated heterocycles. The minimum atomic E-state index is -4.29. The fourth-order valence-corrected chi connectivity index (χ4v) is 3.51. The van der Waals surface area contributed by atoms with Gasteiger partial charge < -0.3 is 15.7 Å². The van der Waals surface area contributed by atoms with Crippen LogP contribution < -0.4 is 10.6 Å². The Labute approximate surface area is 167 Å². The number of aliphatic hydroxyl groups is 1. The number of carbonyl (C=O) groups is 1. The van der Waals surface area contributed by atoms with Gasteiger partial charge in [-0.05, 0) is 56.9 Å². The quantitative estimate of drug-likeness (QED) is 0.680. The van der Waals surface area contributed by atoms with Gasteiger partial charge in [0.25, 0.3) is 5.91 Å². The van der Waals surface area contributed by atoms with Crippen LogP contribution in [0.3, 0.4) is 0 Å². The van der Waals surface area contributed by atoms with Crippen molar-refractivity contribution in [2.24, 2.45) is 5.92 Å². The van der Waals surface area contributed by atoms with Gasteiger partial charge in [-0.2, -0.15) is 13.2 Å². The number of alkyl halides is 3. The SMILES string of the molecule is Cc1ccc(NC(=O)c2ccc(NCC3(O)CCCC(C(F)(F)F)C3)nc2)cc1. The number of benzene rings is 1. The van der Waals surface area contributed by atoms with E-state index in [0.717, 1.165) is 5.56 Å². The lowest BCUT2D eigenvalue weighted by molar-refractivity contribution is -0.199. The Morgan fingerprint density at radius 2 is 1.97 bits per heavy atom. The number of nitrogens with zero attached hydrogens (tertiary/aromatic N) is 1. The van der Waals surface area contributed by atoms with E-state index in [2.05, 4.69) is 15.6 Å². The fraction of sp³-hybridized carbons (Fsp3) is 0.429. The Morgan fingerprint density at radius 3 is 2.59 bits per heavy atom. The van der Waals surface area contributed by atoms with E-state index >= 15 is 0 Å². The first-order chi connectivity index (χ1) is 13.6. The van der Waals surface area contributed by atoms with E-state index in [4.69, 9.17) is 0 Å². The number of hydrogen-bond acceptors (Lipinski definition) is 4. The first kappa shape index (κ1) is 21.1. The predicted molar refractivity (Wildman–Crippen MR) is 105 cm³/mol. The van der Waals surface area contributed by atoms with Crippen LogP contribution in [0.1, 0.15) is 41.6 Å². The van der Waals surface area contributed by atoms with Crippen LogP contribution in [-0.2, 0) is 0 Å². The molecule has 0 spiro atoms. The highest BCUT2D eigenvalue weighted by Crippen LogP contribution is 2.41. The molecule has 3 N–H and O–H groups in total. The minimum Gasteiger partial charge on any atom is -0.388 e. The number of pyridine rings is 1. The molecule has 1 aliphatic rings. The molecule has 2 unspecified atom stereocenters. The molecule has 1 fully saturated rings. The highest BCUT2D eigenvalue weighted by atomic mass is 19.4. The van der Waals surface area contributed by atoms with Crippen molar-refractivity contribution in [3.8, 4) is 0 Å². The van der Waals surface area contributed by atoms with Gasteiger partial charge in [-0.25, -0.2) is 4.98 Å². The number of aromatic nitrogens is 1. The van der Waals surface area contributed by atoms with Gasteiger partial charge in [-0.15, -0.1) is 0 Å². The van der Waals surface area contributed by atoms with Crippen LogP contribution in [0.25, 0.3) is 0 Å². The smallest absolute Gasteiger partial charge is 0.388 e. The molecule has 1 heterocycles. The number of carbonyl (C=O) groups excluding carboxylic acids is 1. The van der Waals surface area contributed by atoms with Crippen LogP contribution >= 0.6 is 0 Å². The van der Waals surface area contributed by atoms with Crippen molar-refractivity contribution in [2.75, 3.05) is 17.2 Å². The highest BCUT2D eigenvalue weighted by molar-refractivity contribution is 6.04. The summed E-state index contributed by atoms with van der Waals surface area (Å²) >= 11 is 0. The van der Waals surface area contributed by atoms with Gasteiger partial charge in [0, 0.05) is 18.4 Å². The Morgan fingerprint density at radius 1 is 1.24 bits per heavy atom. The molecule has 29 heavy (non-hydrogen) atoms. The highest BCUT2D eigenvalue weighted by Gasteiger charge is 2.46. The lowest BCUT2D eigenvalue weighted by atomic mass is 9.77. The van der Waals surface area contributed by atoms with Crippen LogP contribution in [0.4, 0.5) is 24.7 Å². The van der Waals surface area contributed by atoms with E-state index in [9.17, 15) is 23.1 Å². The second-order valence-electron chi connectivity index (χ2n) is 7.67. The number of halogens is 3. The van der Waals surface area contributed by atoms with Gasteiger partial charge in [-0.3, -0.25) is 4.79 Å². The summed E-state index contributed by atoms with van der Waals surface area (Å²) in [6.07, 6.45) is -2.54. The first-order valence-electron chi connectivity index (χ1n) is 9.52. The second kappa shape index (κ2) is 8.41. The van der Waals surface area contributed by atoms with Gasteiger partial charge >= 0.3 is 6.18 Å². The van der Waals surface area contributed by atoms with Crippen molar-refractivity contribution >= 4 is 17.4 Å². The number of amides is 1. The summed E-state index contributed by atoms with van der Waals surface area (Å²) in [5.74, 6) is -1.41. The third-order valence-electron chi connectivity index (χ3n) is 5.22. The molecule has 2 aromatic rings. The summed E-state index contributed by atoms with van der Waals surface area (Å²) < 4.78 is 38.9. The van der Waals surface area contributed by atoms with E-state index in [1.807, 2.05) is 19.1 Å². The second-order valence-corrected chi connectivity index (χ2v) is 7.67. The third-order valence-corrected chi connectivity index (χ3v) is 5.22. The molecular weight excluding hydrogens is 383 g/mol. The van der Waals surface area contributed by atoms with E-state index in [0.29, 0.717) is 29.9 Å². The Balaban J connectivity index is 1.56. The monoisotopic (exact) mass is 407 g/mol. The van der Waals surface area contributed by atoms with Crippen molar-refractivity contribution in [3.63, 3.8) is 0 Å². The molecule has 156 valence electrons. The maximum atomic E-state index is 13.0. The van der Waals surface area contributed by atoms with E-state index in [1.54, 1.807) is 24.3 Å². The summed E-state index contributed by atoms with van der Waals surface area (Å²) in [6.45, 7) is 1.93. The maximum absolute atomic E-state index is 13.0. The van der Waals surface area contributed by atoms with Crippen molar-refractivity contribution in [1.82, 2.24) is 4.98 Å². The van der Waals surface area contributed by atoms with Crippen molar-refractivity contribution in [3.05, 3.63) is 53.7 Å². The molecule has 0 bridgehead atoms. The van der Waals surface area contributed by atoms with Crippen molar-refractivity contribution in [1.29, 1.82) is 0 Å². The first-order valence-corrected chi connectivity index (χ1v) is 9.52. The van der Waals surface area contributed by atoms with Crippen LogP contribution in [0.5, 0.6) is 0 Å². The van der Waals surface area contributed by atoms with Gasteiger partial charge in [0.15, 0.2) is 0 Å². The molecule has 0 radical (unpaired) electrons. The molecule has 1 amide bonds. The standard InChI is InChI=1S/C21H24F3N3O2/c1-14-4-7-17(8-5-14)27-19(28)15-6-9-18(25-12-15)26-13-20(29)10-2-3-16(11-20)21(22,23)24/h4-9,12,16,29H,2-3,10-11,13H2,1H3,(H,25,26)(H,27,28). The molecular formula is C21H24F3N3O2. The molecule has 0 aliphatic heterocycles. The number of nitrogens with one attached hydrogen (secondary N) is 2. The average molecular weight is 407 g/mol. The average Bonchev–Trinajstić information content (AvgIpc) is 2.68. The minimum absolute atomic E-state index is 0.0263. The molecule has 8 heteroatoms. The van der Waals surface area contributed by atoms with Crippen molar-refractivity contribution < 1.29 is 23.1 Å². The summed E-state index contributed by atoms with van der Waals surface area (Å²) in [6, 6.07) is 10.5. The van der Waals surface area contributed by atoms with Crippen LogP contribution in [-0.4, -0.2) is 34.3 Å². The predicted octanol–water partition coefficient (Wildman–Crippen LogP) is 4.54. The zero-order valence-corrected chi connectivity index (χ0v) is 16.1. The molecule has 5 nitrogen and oxygen atoms in total. The fourth-order valence-electron chi connectivity index (χ4n) is 3.51. The number of hydrogen-bond donors (Lipinski definition) is 3. The number of rotatable bonds is 5. The summed E-state index contributed by atoms with van der Waals surface area (Å²) in [4.78, 5) is 16.4. The van der Waals surface area contributed by atoms with Crippen LogP contribution in [0.15, 0.2) is 42.6 Å². The van der Waals surface area contributed by atoms with Crippen molar-refractivity contribution in [2.45, 2.75) is 44.4 Å². The molecule has 1 saturated carbocycles. The molecule has 3 rings (SSSR count). The Bertz CT molecular complexity index is 838. The molecule has 2 atom stereocenters. The summed E-state index contributed by atoms with van der Waals surface area (Å²) in [7, 11) is 0. The largest absolute Gasteiger partial charge is 0.391 e. The zero-order chi connectivity index (χ0) is 21.1. The Kier molecular flexibility index (Phi) is 6.12. The number of anilines is 2. The summed E-state index contributed by atoms with van der Waals surface area (Å²) in [5.41, 5.74) is 0.675. The summed E-state index contributed by atoms with van der Waals surface area (Å²) in [5, 5.41) is 16.2. The van der Waals surface area contributed by atoms with E-state index in [1.165, 1.54) is 6.20 Å². The van der Waals surface area contributed by atoms with Gasteiger partial charge in [0.1, 0.15) is 5.82 Å². The maximum Gasteiger partial charge on any atom is 0.391 e. The van der Waals surface area contributed by atoms with E-state index in [-0.39, 0.29) is 25.3 Å². The molecule has 1 aromatic heterocycles. The molecule has 1 aromatic carbocycles. The van der Waals surface area contributed by atoms with Gasteiger partial charge in [-0.1, -0.05) is 17.7 Å². The van der Waals surface area contributed by atoms with Gasteiger partial charge in [0.05, 0.1) is 17.1 Å². The molecule has 1 aliphatic carbocycles. The van der Waals surface area contributed by atoms with Crippen LogP contribution in [0.2, 0.25) is 0 Å². The lowest BCUT2D eigenvalue weighted by Gasteiger charge is -2.37. The topological polar surface area (TPSA) is 74.2 Å². The Hall–Kier alpha value is -2.61. The third kappa shape index (κ3) is 5.69. The number of aryl methyl sites for hydroxylation is 1. The normalized spacial score (nSPS) is 22.2. The van der Waals surface area contributed by atoms with Crippen LogP contribution in [0, 0.1) is 12.8 Å². The van der Waals surface area contributed by atoms with Gasteiger partial charge in [0.2, 0.25) is 0 Å².